The second-order valence-electron chi connectivity index (χ2n) is 6.72. The molecule has 0 spiro atoms. The normalized spacial score (nSPS) is 17.2. The number of benzene rings is 1. The van der Waals surface area contributed by atoms with E-state index >= 15 is 0 Å². The fourth-order valence-corrected chi connectivity index (χ4v) is 4.59. The van der Waals surface area contributed by atoms with Crippen LogP contribution in [-0.4, -0.2) is 41.0 Å². The lowest BCUT2D eigenvalue weighted by atomic mass is 10.1. The quantitative estimate of drug-likeness (QED) is 0.701. The zero-order valence-corrected chi connectivity index (χ0v) is 16.2. The summed E-state index contributed by atoms with van der Waals surface area (Å²) in [7, 11) is 0. The molecule has 2 fully saturated rings. The second kappa shape index (κ2) is 8.26. The maximum absolute atomic E-state index is 12.2. The Bertz CT molecular complexity index is 738. The summed E-state index contributed by atoms with van der Waals surface area (Å²) >= 11 is 2.94. The predicted molar refractivity (Wildman–Crippen MR) is 108 cm³/mol. The molecule has 0 atom stereocenters. The second-order valence-corrected chi connectivity index (χ2v) is 8.92. The number of hydrogen-bond acceptors (Lipinski definition) is 7. The highest BCUT2D eigenvalue weighted by Gasteiger charge is 2.22. The molecular weight excluding hydrogens is 366 g/mol. The number of hydrogen-bond donors (Lipinski definition) is 2. The van der Waals surface area contributed by atoms with Gasteiger partial charge in [0, 0.05) is 30.5 Å². The lowest BCUT2D eigenvalue weighted by Crippen LogP contribution is -2.29. The summed E-state index contributed by atoms with van der Waals surface area (Å²) in [6, 6.07) is 8.71. The Kier molecular flexibility index (Phi) is 5.59. The summed E-state index contributed by atoms with van der Waals surface area (Å²) in [6.45, 7) is 2.25. The first-order valence-corrected chi connectivity index (χ1v) is 10.9. The highest BCUT2D eigenvalue weighted by molar-refractivity contribution is 8.01. The van der Waals surface area contributed by atoms with Crippen molar-refractivity contribution < 1.29 is 4.79 Å². The minimum absolute atomic E-state index is 0.0207. The van der Waals surface area contributed by atoms with Crippen LogP contribution in [0.1, 0.15) is 32.1 Å². The van der Waals surface area contributed by atoms with Crippen molar-refractivity contribution in [2.24, 2.45) is 0 Å². The van der Waals surface area contributed by atoms with Gasteiger partial charge in [-0.3, -0.25) is 4.79 Å². The maximum atomic E-state index is 12.2. The van der Waals surface area contributed by atoms with Gasteiger partial charge in [-0.15, -0.1) is 10.2 Å². The SMILES string of the molecule is O=C(CSc1nnc(NC2CC2)s1)Nc1ccc(N2CCCCC2)cc1. The molecule has 1 aliphatic carbocycles. The van der Waals surface area contributed by atoms with E-state index in [1.165, 1.54) is 60.9 Å². The fourth-order valence-electron chi connectivity index (χ4n) is 2.96. The molecule has 2 N–H and O–H groups in total. The molecule has 8 heteroatoms. The molecule has 0 bridgehead atoms. The average Bonchev–Trinajstić information content (AvgIpc) is 3.37. The van der Waals surface area contributed by atoms with Crippen LogP contribution < -0.4 is 15.5 Å². The highest BCUT2D eigenvalue weighted by Crippen LogP contribution is 2.30. The third-order valence-corrected chi connectivity index (χ3v) is 6.50. The number of anilines is 3. The van der Waals surface area contributed by atoms with Crippen LogP contribution in [0.4, 0.5) is 16.5 Å². The molecule has 2 aliphatic rings. The Morgan fingerprint density at radius 3 is 2.65 bits per heavy atom. The van der Waals surface area contributed by atoms with Crippen LogP contribution in [0, 0.1) is 0 Å². The molecule has 0 unspecified atom stereocenters. The zero-order valence-electron chi connectivity index (χ0n) is 14.6. The smallest absolute Gasteiger partial charge is 0.234 e. The Hall–Kier alpha value is -1.80. The van der Waals surface area contributed by atoms with Crippen LogP contribution in [0.3, 0.4) is 0 Å². The number of thioether (sulfide) groups is 1. The number of rotatable bonds is 7. The van der Waals surface area contributed by atoms with Gasteiger partial charge in [-0.25, -0.2) is 0 Å². The van der Waals surface area contributed by atoms with Crippen molar-refractivity contribution >= 4 is 45.5 Å². The van der Waals surface area contributed by atoms with Gasteiger partial charge in [0.2, 0.25) is 11.0 Å². The zero-order chi connectivity index (χ0) is 17.8. The van der Waals surface area contributed by atoms with Gasteiger partial charge in [0.1, 0.15) is 0 Å². The van der Waals surface area contributed by atoms with Gasteiger partial charge in [-0.2, -0.15) is 0 Å². The Labute approximate surface area is 161 Å². The molecular formula is C18H23N5OS2. The lowest BCUT2D eigenvalue weighted by molar-refractivity contribution is -0.113. The Morgan fingerprint density at radius 1 is 1.15 bits per heavy atom. The summed E-state index contributed by atoms with van der Waals surface area (Å²) in [5, 5.41) is 15.4. The van der Waals surface area contributed by atoms with Crippen molar-refractivity contribution in [3.63, 3.8) is 0 Å². The molecule has 26 heavy (non-hydrogen) atoms. The first-order chi connectivity index (χ1) is 12.8. The first kappa shape index (κ1) is 17.6. The molecule has 2 aromatic rings. The molecule has 6 nitrogen and oxygen atoms in total. The van der Waals surface area contributed by atoms with E-state index < -0.39 is 0 Å². The average molecular weight is 390 g/mol. The van der Waals surface area contributed by atoms with Gasteiger partial charge in [0.05, 0.1) is 5.75 Å². The van der Waals surface area contributed by atoms with Gasteiger partial charge < -0.3 is 15.5 Å². The van der Waals surface area contributed by atoms with Crippen LogP contribution >= 0.6 is 23.1 Å². The largest absolute Gasteiger partial charge is 0.372 e. The van der Waals surface area contributed by atoms with E-state index in [0.717, 1.165) is 28.2 Å². The van der Waals surface area contributed by atoms with Crippen molar-refractivity contribution in [3.8, 4) is 0 Å². The van der Waals surface area contributed by atoms with Crippen molar-refractivity contribution in [1.82, 2.24) is 10.2 Å². The molecule has 1 aliphatic heterocycles. The van der Waals surface area contributed by atoms with Crippen molar-refractivity contribution in [3.05, 3.63) is 24.3 Å². The van der Waals surface area contributed by atoms with Crippen LogP contribution in [0.2, 0.25) is 0 Å². The van der Waals surface area contributed by atoms with E-state index in [4.69, 9.17) is 0 Å². The number of nitrogens with zero attached hydrogens (tertiary/aromatic N) is 3. The van der Waals surface area contributed by atoms with Gasteiger partial charge in [-0.1, -0.05) is 23.1 Å². The minimum Gasteiger partial charge on any atom is -0.372 e. The summed E-state index contributed by atoms with van der Waals surface area (Å²) in [5.41, 5.74) is 2.08. The number of nitrogens with one attached hydrogen (secondary N) is 2. The highest BCUT2D eigenvalue weighted by atomic mass is 32.2. The van der Waals surface area contributed by atoms with Gasteiger partial charge in [0.25, 0.3) is 0 Å². The topological polar surface area (TPSA) is 70.1 Å². The van der Waals surface area contributed by atoms with Crippen LogP contribution in [0.25, 0.3) is 0 Å². The van der Waals surface area contributed by atoms with Gasteiger partial charge >= 0.3 is 0 Å². The number of carbonyl (C=O) groups is 1. The predicted octanol–water partition coefficient (Wildman–Crippen LogP) is 3.83. The molecule has 138 valence electrons. The number of aromatic nitrogens is 2. The summed E-state index contributed by atoms with van der Waals surface area (Å²) < 4.78 is 0.823. The summed E-state index contributed by atoms with van der Waals surface area (Å²) in [6.07, 6.45) is 6.27. The monoisotopic (exact) mass is 389 g/mol. The minimum atomic E-state index is -0.0207. The van der Waals surface area contributed by atoms with Crippen molar-refractivity contribution in [2.75, 3.05) is 34.4 Å². The van der Waals surface area contributed by atoms with E-state index in [1.807, 2.05) is 12.1 Å². The van der Waals surface area contributed by atoms with Gasteiger partial charge in [0.15, 0.2) is 4.34 Å². The van der Waals surface area contributed by atoms with E-state index in [2.05, 4.69) is 37.9 Å². The van der Waals surface area contributed by atoms with E-state index in [9.17, 15) is 4.79 Å². The van der Waals surface area contributed by atoms with Crippen LogP contribution in [0.15, 0.2) is 28.6 Å². The van der Waals surface area contributed by atoms with E-state index in [0.29, 0.717) is 11.8 Å². The summed E-state index contributed by atoms with van der Waals surface area (Å²) in [4.78, 5) is 14.6. The van der Waals surface area contributed by atoms with Crippen LogP contribution in [0.5, 0.6) is 0 Å². The Morgan fingerprint density at radius 2 is 1.92 bits per heavy atom. The molecule has 2 heterocycles. The number of amides is 1. The lowest BCUT2D eigenvalue weighted by Gasteiger charge is -2.28. The van der Waals surface area contributed by atoms with Gasteiger partial charge in [-0.05, 0) is 56.4 Å². The molecule has 1 saturated heterocycles. The van der Waals surface area contributed by atoms with E-state index in [1.54, 1.807) is 0 Å². The molecule has 0 radical (unpaired) electrons. The third-order valence-electron chi connectivity index (χ3n) is 4.51. The maximum Gasteiger partial charge on any atom is 0.234 e. The first-order valence-electron chi connectivity index (χ1n) is 9.14. The Balaban J connectivity index is 1.24. The van der Waals surface area contributed by atoms with Crippen molar-refractivity contribution in [1.29, 1.82) is 0 Å². The summed E-state index contributed by atoms with van der Waals surface area (Å²) in [5.74, 6) is 0.319. The number of carbonyl (C=O) groups excluding carboxylic acids is 1. The number of piperidine rings is 1. The molecule has 1 amide bonds. The molecule has 4 rings (SSSR count). The molecule has 1 aromatic carbocycles. The standard InChI is InChI=1S/C18H23N5OS2/c24-16(12-25-18-22-21-17(26-18)20-14-4-5-14)19-13-6-8-15(9-7-13)23-10-2-1-3-11-23/h6-9,14H,1-5,10-12H2,(H,19,24)(H,20,21). The fraction of sp³-hybridized carbons (Fsp3) is 0.500. The third kappa shape index (κ3) is 4.88. The molecule has 1 aromatic heterocycles. The van der Waals surface area contributed by atoms with Crippen molar-refractivity contribution in [2.45, 2.75) is 42.5 Å². The molecule has 1 saturated carbocycles. The van der Waals surface area contributed by atoms with E-state index in [-0.39, 0.29) is 5.91 Å². The van der Waals surface area contributed by atoms with Crippen LogP contribution in [-0.2, 0) is 4.79 Å².